The second-order valence-electron chi connectivity index (χ2n) is 5.69. The van der Waals surface area contributed by atoms with E-state index in [0.29, 0.717) is 18.6 Å². The predicted octanol–water partition coefficient (Wildman–Crippen LogP) is 2.72. The molecule has 1 aliphatic rings. The van der Waals surface area contributed by atoms with Crippen molar-refractivity contribution in [3.8, 4) is 6.01 Å². The highest BCUT2D eigenvalue weighted by atomic mass is 16.5. The molecule has 21 heavy (non-hydrogen) atoms. The van der Waals surface area contributed by atoms with Crippen LogP contribution in [-0.2, 0) is 0 Å². The first kappa shape index (κ1) is 15.8. The van der Waals surface area contributed by atoms with Crippen LogP contribution < -0.4 is 15.0 Å². The average Bonchev–Trinajstić information content (AvgIpc) is 2.51. The van der Waals surface area contributed by atoms with Gasteiger partial charge in [0.05, 0.1) is 6.61 Å². The Morgan fingerprint density at radius 1 is 1.14 bits per heavy atom. The van der Waals surface area contributed by atoms with E-state index < -0.39 is 0 Å². The van der Waals surface area contributed by atoms with Gasteiger partial charge in [0, 0.05) is 19.6 Å². The summed E-state index contributed by atoms with van der Waals surface area (Å²) in [4.78, 5) is 15.6. The summed E-state index contributed by atoms with van der Waals surface area (Å²) in [6.07, 6.45) is 4.36. The zero-order valence-electron chi connectivity index (χ0n) is 13.4. The maximum atomic E-state index is 5.60. The third-order valence-corrected chi connectivity index (χ3v) is 3.64. The zero-order chi connectivity index (χ0) is 15.1. The van der Waals surface area contributed by atoms with Crippen molar-refractivity contribution in [3.63, 3.8) is 0 Å². The van der Waals surface area contributed by atoms with E-state index in [1.54, 1.807) is 0 Å². The van der Waals surface area contributed by atoms with Crippen molar-refractivity contribution in [3.05, 3.63) is 0 Å². The first-order valence-electron chi connectivity index (χ1n) is 8.10. The molecule has 2 heterocycles. The second-order valence-corrected chi connectivity index (χ2v) is 5.69. The van der Waals surface area contributed by atoms with Gasteiger partial charge in [0.1, 0.15) is 0 Å². The Balaban J connectivity index is 2.13. The number of hydrogen-bond donors (Lipinski definition) is 1. The van der Waals surface area contributed by atoms with Crippen LogP contribution in [0.25, 0.3) is 0 Å². The van der Waals surface area contributed by atoms with Crippen molar-refractivity contribution in [2.75, 3.05) is 36.5 Å². The smallest absolute Gasteiger partial charge is 0.323 e. The Bertz CT molecular complexity index is 406. The van der Waals surface area contributed by atoms with E-state index in [1.165, 1.54) is 12.8 Å². The largest absolute Gasteiger partial charge is 0.463 e. The van der Waals surface area contributed by atoms with Gasteiger partial charge in [-0.1, -0.05) is 20.8 Å². The number of rotatable bonds is 7. The minimum absolute atomic E-state index is 0.430. The summed E-state index contributed by atoms with van der Waals surface area (Å²) in [5, 5.41) is 3.23. The Morgan fingerprint density at radius 2 is 1.90 bits per heavy atom. The highest BCUT2D eigenvalue weighted by Gasteiger charge is 2.20. The van der Waals surface area contributed by atoms with E-state index >= 15 is 0 Å². The van der Waals surface area contributed by atoms with Crippen LogP contribution in [0.15, 0.2) is 0 Å². The molecular formula is C15H27N5O. The SMILES string of the molecule is CCCNc1nc(OCCC)nc(N2CCC(C)CC2)n1. The molecule has 0 unspecified atom stereocenters. The molecule has 6 nitrogen and oxygen atoms in total. The Kier molecular flexibility index (Phi) is 6.02. The first-order chi connectivity index (χ1) is 10.2. The van der Waals surface area contributed by atoms with Crippen LogP contribution in [0.3, 0.4) is 0 Å². The summed E-state index contributed by atoms with van der Waals surface area (Å²) >= 11 is 0. The maximum absolute atomic E-state index is 5.60. The summed E-state index contributed by atoms with van der Waals surface area (Å²) in [6.45, 7) is 9.99. The van der Waals surface area contributed by atoms with E-state index in [1.807, 2.05) is 0 Å². The third-order valence-electron chi connectivity index (χ3n) is 3.64. The number of hydrogen-bond acceptors (Lipinski definition) is 6. The Hall–Kier alpha value is -1.59. The molecule has 0 atom stereocenters. The molecule has 0 saturated carbocycles. The van der Waals surface area contributed by atoms with Gasteiger partial charge in [-0.3, -0.25) is 0 Å². The second kappa shape index (κ2) is 8.00. The molecule has 1 aromatic rings. The van der Waals surface area contributed by atoms with Crippen LogP contribution in [0.2, 0.25) is 0 Å². The van der Waals surface area contributed by atoms with E-state index in [2.05, 4.69) is 45.9 Å². The normalized spacial score (nSPS) is 16.0. The molecular weight excluding hydrogens is 266 g/mol. The molecule has 2 rings (SSSR count). The molecule has 1 aromatic heterocycles. The summed E-state index contributed by atoms with van der Waals surface area (Å²) in [5.74, 6) is 2.14. The summed E-state index contributed by atoms with van der Waals surface area (Å²) in [6, 6.07) is 0.430. The molecule has 1 N–H and O–H groups in total. The lowest BCUT2D eigenvalue weighted by molar-refractivity contribution is 0.291. The van der Waals surface area contributed by atoms with Gasteiger partial charge in [-0.15, -0.1) is 0 Å². The lowest BCUT2D eigenvalue weighted by Crippen LogP contribution is -2.34. The minimum Gasteiger partial charge on any atom is -0.463 e. The average molecular weight is 293 g/mol. The van der Waals surface area contributed by atoms with Crippen molar-refractivity contribution >= 4 is 11.9 Å². The van der Waals surface area contributed by atoms with Crippen molar-refractivity contribution in [1.29, 1.82) is 0 Å². The summed E-state index contributed by atoms with van der Waals surface area (Å²) in [5.41, 5.74) is 0. The van der Waals surface area contributed by atoms with Crippen LogP contribution in [0.1, 0.15) is 46.5 Å². The fourth-order valence-electron chi connectivity index (χ4n) is 2.27. The molecule has 1 saturated heterocycles. The number of ether oxygens (including phenoxy) is 1. The molecule has 6 heteroatoms. The molecule has 0 aromatic carbocycles. The lowest BCUT2D eigenvalue weighted by atomic mass is 10.00. The standard InChI is InChI=1S/C15H27N5O/c1-4-8-16-13-17-14(19-15(18-13)21-11-5-2)20-9-6-12(3)7-10-20/h12H,4-11H2,1-3H3,(H,16,17,18,19). The van der Waals surface area contributed by atoms with Crippen LogP contribution >= 0.6 is 0 Å². The van der Waals surface area contributed by atoms with E-state index in [-0.39, 0.29) is 0 Å². The molecule has 118 valence electrons. The predicted molar refractivity (Wildman–Crippen MR) is 85.0 cm³/mol. The quantitative estimate of drug-likeness (QED) is 0.834. The van der Waals surface area contributed by atoms with Gasteiger partial charge in [0.2, 0.25) is 11.9 Å². The van der Waals surface area contributed by atoms with Crippen molar-refractivity contribution in [1.82, 2.24) is 15.0 Å². The van der Waals surface area contributed by atoms with Gasteiger partial charge in [-0.05, 0) is 31.6 Å². The Labute approximate surface area is 127 Å². The van der Waals surface area contributed by atoms with Crippen molar-refractivity contribution < 1.29 is 4.74 Å². The highest BCUT2D eigenvalue weighted by molar-refractivity contribution is 5.38. The Morgan fingerprint density at radius 3 is 2.57 bits per heavy atom. The third kappa shape index (κ3) is 4.72. The van der Waals surface area contributed by atoms with Gasteiger partial charge in [0.25, 0.3) is 0 Å². The lowest BCUT2D eigenvalue weighted by Gasteiger charge is -2.30. The molecule has 0 amide bonds. The number of piperidine rings is 1. The minimum atomic E-state index is 0.430. The van der Waals surface area contributed by atoms with Gasteiger partial charge >= 0.3 is 6.01 Å². The summed E-state index contributed by atoms with van der Waals surface area (Å²) in [7, 11) is 0. The van der Waals surface area contributed by atoms with E-state index in [4.69, 9.17) is 4.74 Å². The van der Waals surface area contributed by atoms with Crippen LogP contribution in [0.4, 0.5) is 11.9 Å². The molecule has 0 aliphatic carbocycles. The molecule has 1 fully saturated rings. The van der Waals surface area contributed by atoms with Gasteiger partial charge in [-0.25, -0.2) is 0 Å². The van der Waals surface area contributed by atoms with E-state index in [0.717, 1.165) is 44.3 Å². The first-order valence-corrected chi connectivity index (χ1v) is 8.10. The van der Waals surface area contributed by atoms with Crippen LogP contribution in [-0.4, -0.2) is 41.2 Å². The van der Waals surface area contributed by atoms with Crippen LogP contribution in [0.5, 0.6) is 6.01 Å². The number of nitrogens with zero attached hydrogens (tertiary/aromatic N) is 4. The van der Waals surface area contributed by atoms with Gasteiger partial charge in [-0.2, -0.15) is 15.0 Å². The molecule has 0 spiro atoms. The van der Waals surface area contributed by atoms with Gasteiger partial charge in [0.15, 0.2) is 0 Å². The van der Waals surface area contributed by atoms with Crippen LogP contribution in [0, 0.1) is 5.92 Å². The molecule has 0 bridgehead atoms. The number of nitrogens with one attached hydrogen (secondary N) is 1. The maximum Gasteiger partial charge on any atom is 0.323 e. The fourth-order valence-corrected chi connectivity index (χ4v) is 2.27. The number of anilines is 2. The topological polar surface area (TPSA) is 63.2 Å². The monoisotopic (exact) mass is 293 g/mol. The molecule has 1 aliphatic heterocycles. The van der Waals surface area contributed by atoms with Crippen molar-refractivity contribution in [2.45, 2.75) is 46.5 Å². The van der Waals surface area contributed by atoms with E-state index in [9.17, 15) is 0 Å². The zero-order valence-corrected chi connectivity index (χ0v) is 13.4. The van der Waals surface area contributed by atoms with Crippen molar-refractivity contribution in [2.24, 2.45) is 5.92 Å². The molecule has 0 radical (unpaired) electrons. The highest BCUT2D eigenvalue weighted by Crippen LogP contribution is 2.22. The number of aromatic nitrogens is 3. The summed E-state index contributed by atoms with van der Waals surface area (Å²) < 4.78 is 5.60. The van der Waals surface area contributed by atoms with Gasteiger partial charge < -0.3 is 15.0 Å². The fraction of sp³-hybridized carbons (Fsp3) is 0.800.